The molecule has 1 saturated heterocycles. The van der Waals surface area contributed by atoms with Gasteiger partial charge >= 0.3 is 6.01 Å². The monoisotopic (exact) mass is 200 g/mol. The van der Waals surface area contributed by atoms with E-state index in [0.29, 0.717) is 17.8 Å². The van der Waals surface area contributed by atoms with Gasteiger partial charge in [0, 0.05) is 12.6 Å². The molecule has 0 N–H and O–H groups in total. The van der Waals surface area contributed by atoms with Crippen LogP contribution in [0.5, 0.6) is 6.01 Å². The first kappa shape index (κ1) is 8.72. The largest absolute Gasteiger partial charge is 0.458 e. The molecule has 4 nitrogen and oxygen atoms in total. The molecule has 70 valence electrons. The minimum absolute atomic E-state index is 0.0680. The predicted molar refractivity (Wildman–Crippen MR) is 46.9 cm³/mol. The van der Waals surface area contributed by atoms with Gasteiger partial charge in [-0.25, -0.2) is 4.98 Å². The number of hydrogen-bond donors (Lipinski definition) is 0. The third-order valence-corrected chi connectivity index (χ3v) is 1.97. The minimum Gasteiger partial charge on any atom is -0.458 e. The van der Waals surface area contributed by atoms with Crippen LogP contribution in [0.3, 0.4) is 0 Å². The Morgan fingerprint density at radius 3 is 3.23 bits per heavy atom. The molecule has 0 saturated carbocycles. The van der Waals surface area contributed by atoms with E-state index < -0.39 is 0 Å². The molecule has 0 amide bonds. The molecule has 0 spiro atoms. The lowest BCUT2D eigenvalue weighted by Crippen LogP contribution is -2.17. The van der Waals surface area contributed by atoms with Crippen LogP contribution >= 0.6 is 11.6 Å². The number of rotatable bonds is 2. The van der Waals surface area contributed by atoms with Gasteiger partial charge in [0.05, 0.1) is 13.2 Å². The summed E-state index contributed by atoms with van der Waals surface area (Å²) in [6.45, 7) is 1.35. The van der Waals surface area contributed by atoms with E-state index in [1.807, 2.05) is 0 Å². The van der Waals surface area contributed by atoms with Crippen molar-refractivity contribution in [2.75, 3.05) is 13.2 Å². The average molecular weight is 201 g/mol. The van der Waals surface area contributed by atoms with Crippen LogP contribution in [-0.4, -0.2) is 29.3 Å². The summed E-state index contributed by atoms with van der Waals surface area (Å²) < 4.78 is 10.6. The molecule has 5 heteroatoms. The Morgan fingerprint density at radius 1 is 1.62 bits per heavy atom. The molecule has 13 heavy (non-hydrogen) atoms. The van der Waals surface area contributed by atoms with Crippen molar-refractivity contribution in [3.63, 3.8) is 0 Å². The van der Waals surface area contributed by atoms with Crippen molar-refractivity contribution in [3.05, 3.63) is 17.4 Å². The molecule has 1 aliphatic rings. The lowest BCUT2D eigenvalue weighted by Gasteiger charge is -2.08. The maximum absolute atomic E-state index is 5.67. The Kier molecular flexibility index (Phi) is 2.61. The average Bonchev–Trinajstić information content (AvgIpc) is 2.57. The zero-order valence-electron chi connectivity index (χ0n) is 6.94. The summed E-state index contributed by atoms with van der Waals surface area (Å²) in [5, 5.41) is 0.393. The quantitative estimate of drug-likeness (QED) is 0.675. The van der Waals surface area contributed by atoms with Crippen LogP contribution in [0.1, 0.15) is 6.42 Å². The molecular formula is C8H9ClN2O2. The maximum Gasteiger partial charge on any atom is 0.318 e. The number of aromatic nitrogens is 2. The first-order chi connectivity index (χ1) is 6.34. The van der Waals surface area contributed by atoms with Gasteiger partial charge < -0.3 is 9.47 Å². The fourth-order valence-corrected chi connectivity index (χ4v) is 1.26. The first-order valence-corrected chi connectivity index (χ1v) is 4.45. The summed E-state index contributed by atoms with van der Waals surface area (Å²) >= 11 is 5.67. The first-order valence-electron chi connectivity index (χ1n) is 4.07. The smallest absolute Gasteiger partial charge is 0.318 e. The van der Waals surface area contributed by atoms with E-state index in [1.54, 1.807) is 12.3 Å². The molecule has 1 aliphatic heterocycles. The van der Waals surface area contributed by atoms with Crippen LogP contribution in [-0.2, 0) is 4.74 Å². The highest BCUT2D eigenvalue weighted by Crippen LogP contribution is 2.13. The molecule has 1 aromatic heterocycles. The zero-order chi connectivity index (χ0) is 9.10. The highest BCUT2D eigenvalue weighted by Gasteiger charge is 2.18. The normalized spacial score (nSPS) is 21.8. The summed E-state index contributed by atoms with van der Waals surface area (Å²) in [6, 6.07) is 1.93. The fraction of sp³-hybridized carbons (Fsp3) is 0.500. The summed E-state index contributed by atoms with van der Waals surface area (Å²) in [4.78, 5) is 7.84. The van der Waals surface area contributed by atoms with E-state index in [-0.39, 0.29) is 6.10 Å². The zero-order valence-corrected chi connectivity index (χ0v) is 7.70. The van der Waals surface area contributed by atoms with Crippen molar-refractivity contribution < 1.29 is 9.47 Å². The van der Waals surface area contributed by atoms with Gasteiger partial charge in [-0.2, -0.15) is 4.98 Å². The molecule has 0 aromatic carbocycles. The van der Waals surface area contributed by atoms with Crippen molar-refractivity contribution in [3.8, 4) is 6.01 Å². The van der Waals surface area contributed by atoms with Crippen molar-refractivity contribution in [1.82, 2.24) is 9.97 Å². The van der Waals surface area contributed by atoms with Crippen LogP contribution in [0.25, 0.3) is 0 Å². The fourth-order valence-electron chi connectivity index (χ4n) is 1.13. The van der Waals surface area contributed by atoms with E-state index in [9.17, 15) is 0 Å². The lowest BCUT2D eigenvalue weighted by atomic mass is 10.3. The van der Waals surface area contributed by atoms with Gasteiger partial charge in [0.2, 0.25) is 0 Å². The molecule has 0 radical (unpaired) electrons. The number of nitrogens with zero attached hydrogens (tertiary/aromatic N) is 2. The maximum atomic E-state index is 5.67. The van der Waals surface area contributed by atoms with Gasteiger partial charge in [0.1, 0.15) is 11.3 Å². The number of ether oxygens (including phenoxy) is 2. The van der Waals surface area contributed by atoms with E-state index in [0.717, 1.165) is 13.0 Å². The summed E-state index contributed by atoms with van der Waals surface area (Å²) in [6.07, 6.45) is 2.52. The third-order valence-electron chi connectivity index (χ3n) is 1.76. The van der Waals surface area contributed by atoms with Crippen molar-refractivity contribution in [2.24, 2.45) is 0 Å². The van der Waals surface area contributed by atoms with E-state index in [1.165, 1.54) is 0 Å². The Hall–Kier alpha value is -0.870. The van der Waals surface area contributed by atoms with Crippen LogP contribution in [0.15, 0.2) is 12.3 Å². The van der Waals surface area contributed by atoms with Gasteiger partial charge in [0.15, 0.2) is 0 Å². The van der Waals surface area contributed by atoms with Gasteiger partial charge in [-0.1, -0.05) is 11.6 Å². The topological polar surface area (TPSA) is 44.2 Å². The van der Waals surface area contributed by atoms with E-state index >= 15 is 0 Å². The molecular weight excluding hydrogens is 192 g/mol. The molecule has 2 rings (SSSR count). The lowest BCUT2D eigenvalue weighted by molar-refractivity contribution is 0.134. The second-order valence-corrected chi connectivity index (χ2v) is 3.15. The Bertz CT molecular complexity index is 289. The number of halogens is 1. The van der Waals surface area contributed by atoms with Crippen LogP contribution in [0, 0.1) is 0 Å². The highest BCUT2D eigenvalue weighted by molar-refractivity contribution is 6.29. The molecule has 1 unspecified atom stereocenters. The second-order valence-electron chi connectivity index (χ2n) is 2.77. The Balaban J connectivity index is 2.00. The summed E-state index contributed by atoms with van der Waals surface area (Å²) in [5.74, 6) is 0. The van der Waals surface area contributed by atoms with Gasteiger partial charge in [-0.3, -0.25) is 0 Å². The van der Waals surface area contributed by atoms with Gasteiger partial charge in [0.25, 0.3) is 0 Å². The molecule has 2 heterocycles. The van der Waals surface area contributed by atoms with E-state index in [4.69, 9.17) is 21.1 Å². The Labute approximate surface area is 80.9 Å². The van der Waals surface area contributed by atoms with Crippen molar-refractivity contribution in [1.29, 1.82) is 0 Å². The predicted octanol–water partition coefficient (Wildman–Crippen LogP) is 1.30. The van der Waals surface area contributed by atoms with Crippen LogP contribution in [0.4, 0.5) is 0 Å². The van der Waals surface area contributed by atoms with Crippen LogP contribution in [0.2, 0.25) is 5.15 Å². The van der Waals surface area contributed by atoms with Gasteiger partial charge in [-0.05, 0) is 6.07 Å². The summed E-state index contributed by atoms with van der Waals surface area (Å²) in [7, 11) is 0. The molecule has 1 aromatic rings. The molecule has 0 bridgehead atoms. The van der Waals surface area contributed by atoms with E-state index in [2.05, 4.69) is 9.97 Å². The molecule has 1 fully saturated rings. The second kappa shape index (κ2) is 3.89. The van der Waals surface area contributed by atoms with Gasteiger partial charge in [-0.15, -0.1) is 0 Å². The summed E-state index contributed by atoms with van der Waals surface area (Å²) in [5.41, 5.74) is 0. The molecule has 1 atom stereocenters. The number of hydrogen-bond acceptors (Lipinski definition) is 4. The third kappa shape index (κ3) is 2.29. The highest BCUT2D eigenvalue weighted by atomic mass is 35.5. The SMILES string of the molecule is Clc1ccnc(OC2CCOC2)n1. The van der Waals surface area contributed by atoms with Crippen LogP contribution < -0.4 is 4.74 Å². The molecule has 0 aliphatic carbocycles. The van der Waals surface area contributed by atoms with Crippen molar-refractivity contribution in [2.45, 2.75) is 12.5 Å². The standard InChI is InChI=1S/C8H9ClN2O2/c9-7-1-3-10-8(11-7)13-6-2-4-12-5-6/h1,3,6H,2,4-5H2. The minimum atomic E-state index is 0.0680. The Morgan fingerprint density at radius 2 is 2.54 bits per heavy atom. The van der Waals surface area contributed by atoms with Crippen molar-refractivity contribution >= 4 is 11.6 Å².